The minimum Gasteiger partial charge on any atom is -0.313 e. The number of pyridine rings is 1. The van der Waals surface area contributed by atoms with Crippen molar-refractivity contribution in [2.24, 2.45) is 0 Å². The molecular weight excluding hydrogens is 330 g/mol. The van der Waals surface area contributed by atoms with E-state index in [1.54, 1.807) is 12.3 Å². The molecule has 0 spiro atoms. The van der Waals surface area contributed by atoms with Gasteiger partial charge >= 0.3 is 5.69 Å². The molecular formula is C16H12ClN5O2. The summed E-state index contributed by atoms with van der Waals surface area (Å²) in [5.74, 6) is 0.484. The van der Waals surface area contributed by atoms with Crippen LogP contribution in [0.25, 0.3) is 11.3 Å². The highest BCUT2D eigenvalue weighted by atomic mass is 35.5. The van der Waals surface area contributed by atoms with Gasteiger partial charge in [0.25, 0.3) is 5.56 Å². The molecule has 0 amide bonds. The maximum absolute atomic E-state index is 11.9. The fourth-order valence-corrected chi connectivity index (χ4v) is 3.08. The molecule has 0 bridgehead atoms. The Hall–Kier alpha value is -2.80. The van der Waals surface area contributed by atoms with Gasteiger partial charge in [-0.2, -0.15) is 0 Å². The van der Waals surface area contributed by atoms with Crippen molar-refractivity contribution < 1.29 is 0 Å². The fraction of sp³-hybridized carbons (Fsp3) is 0.188. The van der Waals surface area contributed by atoms with Gasteiger partial charge in [0.05, 0.1) is 5.56 Å². The first kappa shape index (κ1) is 14.8. The molecule has 0 radical (unpaired) electrons. The summed E-state index contributed by atoms with van der Waals surface area (Å²) in [7, 11) is 0. The van der Waals surface area contributed by atoms with E-state index in [0.717, 1.165) is 17.7 Å². The number of H-pyrrole nitrogens is 2. The van der Waals surface area contributed by atoms with Crippen LogP contribution < -0.4 is 11.2 Å². The van der Waals surface area contributed by atoms with Crippen molar-refractivity contribution in [1.82, 2.24) is 25.1 Å². The molecule has 4 rings (SSSR count). The van der Waals surface area contributed by atoms with Crippen molar-refractivity contribution in [3.05, 3.63) is 73.9 Å². The molecule has 1 saturated carbocycles. The lowest BCUT2D eigenvalue weighted by Gasteiger charge is -2.05. The van der Waals surface area contributed by atoms with Gasteiger partial charge in [0.2, 0.25) is 0 Å². The number of aromatic amines is 2. The molecule has 3 aromatic rings. The first-order chi connectivity index (χ1) is 11.6. The molecule has 8 heteroatoms. The van der Waals surface area contributed by atoms with Gasteiger partial charge < -0.3 is 4.98 Å². The third-order valence-corrected chi connectivity index (χ3v) is 4.42. The van der Waals surface area contributed by atoms with Crippen molar-refractivity contribution in [1.29, 1.82) is 0 Å². The second-order valence-corrected chi connectivity index (χ2v) is 6.02. The van der Waals surface area contributed by atoms with Crippen molar-refractivity contribution in [2.45, 2.75) is 18.3 Å². The molecule has 3 heterocycles. The number of nitrogens with zero attached hydrogens (tertiary/aromatic N) is 3. The highest BCUT2D eigenvalue weighted by Gasteiger charge is 2.42. The van der Waals surface area contributed by atoms with Crippen molar-refractivity contribution >= 4 is 11.6 Å². The van der Waals surface area contributed by atoms with Gasteiger partial charge in [0.1, 0.15) is 5.69 Å². The molecule has 0 saturated heterocycles. The Balaban J connectivity index is 1.71. The molecule has 0 aromatic carbocycles. The van der Waals surface area contributed by atoms with Gasteiger partial charge in [0.15, 0.2) is 5.15 Å². The van der Waals surface area contributed by atoms with Crippen LogP contribution in [0.1, 0.15) is 29.5 Å². The van der Waals surface area contributed by atoms with E-state index in [1.165, 1.54) is 6.20 Å². The van der Waals surface area contributed by atoms with Gasteiger partial charge in [-0.25, -0.2) is 4.79 Å². The van der Waals surface area contributed by atoms with Gasteiger partial charge in [-0.1, -0.05) is 17.7 Å². The summed E-state index contributed by atoms with van der Waals surface area (Å²) in [6.07, 6.45) is 4.01. The summed E-state index contributed by atoms with van der Waals surface area (Å²) in [5, 5.41) is 8.25. The van der Waals surface area contributed by atoms with E-state index >= 15 is 0 Å². The number of hydrogen-bond acceptors (Lipinski definition) is 5. The molecule has 1 aliphatic rings. The van der Waals surface area contributed by atoms with Crippen LogP contribution >= 0.6 is 11.6 Å². The first-order valence-corrected chi connectivity index (χ1v) is 7.77. The lowest BCUT2D eigenvalue weighted by atomic mass is 10.1. The van der Waals surface area contributed by atoms with E-state index in [-0.39, 0.29) is 17.4 Å². The highest BCUT2D eigenvalue weighted by molar-refractivity contribution is 6.30. The zero-order valence-corrected chi connectivity index (χ0v) is 13.1. The van der Waals surface area contributed by atoms with E-state index < -0.39 is 11.2 Å². The van der Waals surface area contributed by atoms with E-state index in [9.17, 15) is 9.59 Å². The molecule has 2 atom stereocenters. The van der Waals surface area contributed by atoms with Crippen LogP contribution in [0, 0.1) is 0 Å². The summed E-state index contributed by atoms with van der Waals surface area (Å²) in [6, 6.07) is 7.57. The van der Waals surface area contributed by atoms with E-state index in [0.29, 0.717) is 10.8 Å². The monoisotopic (exact) mass is 341 g/mol. The number of aromatic nitrogens is 5. The highest BCUT2D eigenvalue weighted by Crippen LogP contribution is 2.55. The van der Waals surface area contributed by atoms with Crippen LogP contribution in [0.5, 0.6) is 0 Å². The Morgan fingerprint density at radius 3 is 2.79 bits per heavy atom. The summed E-state index contributed by atoms with van der Waals surface area (Å²) in [6.45, 7) is 0. The third kappa shape index (κ3) is 2.63. The van der Waals surface area contributed by atoms with Gasteiger partial charge in [-0.05, 0) is 36.1 Å². The maximum Gasteiger partial charge on any atom is 0.325 e. The molecule has 3 aromatic heterocycles. The van der Waals surface area contributed by atoms with Crippen molar-refractivity contribution in [2.75, 3.05) is 0 Å². The van der Waals surface area contributed by atoms with Crippen LogP contribution in [0.3, 0.4) is 0 Å². The van der Waals surface area contributed by atoms with Crippen LogP contribution in [0.4, 0.5) is 0 Å². The van der Waals surface area contributed by atoms with Gasteiger partial charge in [-0.3, -0.25) is 14.8 Å². The van der Waals surface area contributed by atoms with Gasteiger partial charge in [0, 0.05) is 24.0 Å². The number of hydrogen-bond donors (Lipinski definition) is 2. The molecule has 24 heavy (non-hydrogen) atoms. The second-order valence-electron chi connectivity index (χ2n) is 5.66. The van der Waals surface area contributed by atoms with E-state index in [2.05, 4.69) is 25.1 Å². The van der Waals surface area contributed by atoms with Crippen LogP contribution in [0.2, 0.25) is 5.15 Å². The van der Waals surface area contributed by atoms with Crippen LogP contribution in [0.15, 0.2) is 46.2 Å². The summed E-state index contributed by atoms with van der Waals surface area (Å²) < 4.78 is 0. The average molecular weight is 342 g/mol. The maximum atomic E-state index is 11.9. The van der Waals surface area contributed by atoms with Gasteiger partial charge in [-0.15, -0.1) is 10.2 Å². The molecule has 0 aliphatic heterocycles. The molecule has 2 N–H and O–H groups in total. The number of rotatable bonds is 3. The fourth-order valence-electron chi connectivity index (χ4n) is 2.84. The zero-order chi connectivity index (χ0) is 16.7. The summed E-state index contributed by atoms with van der Waals surface area (Å²) in [5.41, 5.74) is 1.39. The zero-order valence-electron chi connectivity index (χ0n) is 12.4. The summed E-state index contributed by atoms with van der Waals surface area (Å²) in [4.78, 5) is 32.0. The Morgan fingerprint density at radius 1 is 1.17 bits per heavy atom. The minimum absolute atomic E-state index is 0.198. The second kappa shape index (κ2) is 5.68. The lowest BCUT2D eigenvalue weighted by molar-refractivity contribution is 0.932. The van der Waals surface area contributed by atoms with E-state index in [1.807, 2.05) is 18.2 Å². The molecule has 1 aliphatic carbocycles. The Morgan fingerprint density at radius 2 is 2.04 bits per heavy atom. The Labute approximate surface area is 140 Å². The smallest absolute Gasteiger partial charge is 0.313 e. The SMILES string of the molecule is O=c1[nH]cc(-c2cc([C@H]3C[C@@H]3c3ccccn3)c(Cl)nn2)c(=O)[nH]1. The topological polar surface area (TPSA) is 104 Å². The number of nitrogens with one attached hydrogen (secondary N) is 2. The predicted octanol–water partition coefficient (Wildman–Crippen LogP) is 1.84. The number of halogens is 1. The molecule has 1 fully saturated rings. The Bertz CT molecular complexity index is 1010. The largest absolute Gasteiger partial charge is 0.325 e. The Kier molecular flexibility index (Phi) is 3.50. The molecule has 7 nitrogen and oxygen atoms in total. The lowest BCUT2D eigenvalue weighted by Crippen LogP contribution is -2.23. The minimum atomic E-state index is -0.566. The van der Waals surface area contributed by atoms with Crippen molar-refractivity contribution in [3.63, 3.8) is 0 Å². The standard InChI is InChI=1S/C16H12ClN5O2/c17-14-10(8-5-9(8)12-3-1-2-4-18-12)6-13(21-22-14)11-7-19-16(24)20-15(11)23/h1-4,6-9H,5H2,(H2,19,20,23,24)/t8-,9-/m0/s1. The first-order valence-electron chi connectivity index (χ1n) is 7.40. The summed E-state index contributed by atoms with van der Waals surface area (Å²) >= 11 is 6.20. The quantitative estimate of drug-likeness (QED) is 0.756. The third-order valence-electron chi connectivity index (χ3n) is 4.13. The predicted molar refractivity (Wildman–Crippen MR) is 88.1 cm³/mol. The molecule has 120 valence electrons. The normalized spacial score (nSPS) is 19.2. The van der Waals surface area contributed by atoms with Crippen molar-refractivity contribution in [3.8, 4) is 11.3 Å². The average Bonchev–Trinajstić information content (AvgIpc) is 3.37. The van der Waals surface area contributed by atoms with Crippen LogP contribution in [-0.2, 0) is 0 Å². The van der Waals surface area contributed by atoms with E-state index in [4.69, 9.17) is 11.6 Å². The molecule has 0 unspecified atom stereocenters. The van der Waals surface area contributed by atoms with Crippen LogP contribution in [-0.4, -0.2) is 25.1 Å².